The molecule has 1 atom stereocenters. The van der Waals surface area contributed by atoms with Crippen LogP contribution in [0, 0.1) is 10.1 Å². The van der Waals surface area contributed by atoms with E-state index >= 15 is 0 Å². The van der Waals surface area contributed by atoms with E-state index in [1.54, 1.807) is 0 Å². The number of benzene rings is 1. The van der Waals surface area contributed by atoms with Crippen molar-refractivity contribution in [2.45, 2.75) is 6.04 Å². The van der Waals surface area contributed by atoms with Crippen molar-refractivity contribution in [3.63, 3.8) is 0 Å². The summed E-state index contributed by atoms with van der Waals surface area (Å²) in [4.78, 5) is 22.6. The number of rotatable bonds is 3. The first-order chi connectivity index (χ1) is 10.1. The molecule has 2 heterocycles. The Morgan fingerprint density at radius 2 is 2.14 bits per heavy atom. The number of carbonyl (C=O) groups excluding carboxylic acids is 1. The van der Waals surface area contributed by atoms with E-state index in [-0.39, 0.29) is 24.8 Å². The van der Waals surface area contributed by atoms with Crippen LogP contribution >= 0.6 is 0 Å². The van der Waals surface area contributed by atoms with Gasteiger partial charge in [-0.25, -0.2) is 0 Å². The molecule has 2 N–H and O–H groups in total. The molecule has 0 spiro atoms. The second-order valence-corrected chi connectivity index (χ2v) is 4.55. The summed E-state index contributed by atoms with van der Waals surface area (Å²) < 4.78 is 15.4. The number of nitro groups is 1. The zero-order valence-electron chi connectivity index (χ0n) is 11.0. The number of morpholine rings is 1. The summed E-state index contributed by atoms with van der Waals surface area (Å²) in [5, 5.41) is 16.6. The van der Waals surface area contributed by atoms with Crippen molar-refractivity contribution in [2.24, 2.45) is 0 Å². The summed E-state index contributed by atoms with van der Waals surface area (Å²) in [5.41, 5.74) is -0.175. The number of hydrogen-bond donors (Lipinski definition) is 2. The summed E-state index contributed by atoms with van der Waals surface area (Å²) in [6.45, 7) is 1.32. The van der Waals surface area contributed by atoms with E-state index in [1.807, 2.05) is 0 Å². The maximum absolute atomic E-state index is 12.1. The predicted octanol–water partition coefficient (Wildman–Crippen LogP) is 0.250. The highest BCUT2D eigenvalue weighted by atomic mass is 16.7. The third kappa shape index (κ3) is 2.73. The topological polar surface area (TPSA) is 112 Å². The maximum Gasteiger partial charge on any atom is 0.296 e. The molecule has 1 amide bonds. The summed E-state index contributed by atoms with van der Waals surface area (Å²) in [6.07, 6.45) is 0. The molecule has 1 fully saturated rings. The van der Waals surface area contributed by atoms with E-state index in [0.717, 1.165) is 0 Å². The van der Waals surface area contributed by atoms with Gasteiger partial charge < -0.3 is 24.8 Å². The van der Waals surface area contributed by atoms with Crippen LogP contribution in [-0.4, -0.2) is 43.4 Å². The Labute approximate surface area is 119 Å². The van der Waals surface area contributed by atoms with Gasteiger partial charge in [-0.1, -0.05) is 0 Å². The smallest absolute Gasteiger partial charge is 0.296 e. The molecular formula is C12H13N3O6. The fourth-order valence-electron chi connectivity index (χ4n) is 2.14. The summed E-state index contributed by atoms with van der Waals surface area (Å²) in [5.74, 6) is 0.263. The quantitative estimate of drug-likeness (QED) is 0.607. The lowest BCUT2D eigenvalue weighted by atomic mass is 10.2. The Bertz CT molecular complexity index is 585. The minimum Gasteiger partial charge on any atom is -0.454 e. The van der Waals surface area contributed by atoms with E-state index in [1.165, 1.54) is 12.1 Å². The Kier molecular flexibility index (Phi) is 3.59. The Morgan fingerprint density at radius 3 is 2.81 bits per heavy atom. The molecule has 0 saturated carbocycles. The van der Waals surface area contributed by atoms with Gasteiger partial charge in [0.25, 0.3) is 5.69 Å². The van der Waals surface area contributed by atoms with E-state index in [2.05, 4.69) is 10.6 Å². The molecule has 0 radical (unpaired) electrons. The van der Waals surface area contributed by atoms with Crippen molar-refractivity contribution >= 4 is 17.3 Å². The number of nitro benzene ring substituents is 1. The number of fused-ring (bicyclic) bond motifs is 1. The third-order valence-electron chi connectivity index (χ3n) is 3.18. The van der Waals surface area contributed by atoms with Crippen molar-refractivity contribution in [2.75, 3.05) is 31.9 Å². The molecule has 21 heavy (non-hydrogen) atoms. The number of amides is 1. The normalized spacial score (nSPS) is 20.1. The standard InChI is InChI=1S/C12H13N3O6/c16-12(8-5-19-2-1-13-8)14-7-3-10-11(21-6-20-10)4-9(7)15(17)18/h3-4,8,13H,1-2,5-6H2,(H,14,16). The van der Waals surface area contributed by atoms with Crippen LogP contribution in [0.2, 0.25) is 0 Å². The van der Waals surface area contributed by atoms with E-state index in [4.69, 9.17) is 14.2 Å². The van der Waals surface area contributed by atoms with Gasteiger partial charge in [-0.15, -0.1) is 0 Å². The number of ether oxygens (including phenoxy) is 3. The van der Waals surface area contributed by atoms with Crippen LogP contribution in [0.4, 0.5) is 11.4 Å². The SMILES string of the molecule is O=C(Nc1cc2c(cc1[N+](=O)[O-])OCO2)C1COCCN1. The van der Waals surface area contributed by atoms with Crippen LogP contribution in [0.25, 0.3) is 0 Å². The second kappa shape index (κ2) is 5.54. The van der Waals surface area contributed by atoms with Gasteiger partial charge in [-0.2, -0.15) is 0 Å². The largest absolute Gasteiger partial charge is 0.454 e. The number of carbonyl (C=O) groups is 1. The molecule has 3 rings (SSSR count). The van der Waals surface area contributed by atoms with Gasteiger partial charge in [0.1, 0.15) is 11.7 Å². The first-order valence-corrected chi connectivity index (χ1v) is 6.35. The second-order valence-electron chi connectivity index (χ2n) is 4.55. The minimum absolute atomic E-state index is 0.00189. The van der Waals surface area contributed by atoms with Crippen molar-refractivity contribution in [1.29, 1.82) is 0 Å². The highest BCUT2D eigenvalue weighted by Crippen LogP contribution is 2.40. The monoisotopic (exact) mass is 295 g/mol. The average molecular weight is 295 g/mol. The van der Waals surface area contributed by atoms with Gasteiger partial charge in [0, 0.05) is 12.6 Å². The van der Waals surface area contributed by atoms with Crippen LogP contribution in [0.5, 0.6) is 11.5 Å². The Hall–Kier alpha value is -2.39. The van der Waals surface area contributed by atoms with Crippen molar-refractivity contribution in [3.05, 3.63) is 22.2 Å². The number of hydrogen-bond acceptors (Lipinski definition) is 7. The number of anilines is 1. The molecule has 1 saturated heterocycles. The summed E-state index contributed by atoms with van der Waals surface area (Å²) >= 11 is 0. The molecule has 1 unspecified atom stereocenters. The molecule has 2 aliphatic rings. The van der Waals surface area contributed by atoms with Crippen LogP contribution in [0.15, 0.2) is 12.1 Å². The zero-order chi connectivity index (χ0) is 14.8. The highest BCUT2D eigenvalue weighted by Gasteiger charge is 2.27. The molecule has 0 aromatic heterocycles. The molecule has 2 aliphatic heterocycles. The average Bonchev–Trinajstić information content (AvgIpc) is 2.94. The van der Waals surface area contributed by atoms with Crippen LogP contribution in [0.1, 0.15) is 0 Å². The van der Waals surface area contributed by atoms with Crippen LogP contribution < -0.4 is 20.1 Å². The first-order valence-electron chi connectivity index (χ1n) is 6.35. The molecule has 1 aromatic carbocycles. The Morgan fingerprint density at radius 1 is 1.38 bits per heavy atom. The molecule has 0 bridgehead atoms. The summed E-state index contributed by atoms with van der Waals surface area (Å²) in [7, 11) is 0. The minimum atomic E-state index is -0.581. The van der Waals surface area contributed by atoms with Gasteiger partial charge in [0.05, 0.1) is 24.2 Å². The van der Waals surface area contributed by atoms with Gasteiger partial charge in [0.2, 0.25) is 12.7 Å². The van der Waals surface area contributed by atoms with Crippen molar-refractivity contribution < 1.29 is 23.9 Å². The molecule has 9 nitrogen and oxygen atoms in total. The van der Waals surface area contributed by atoms with Crippen molar-refractivity contribution in [3.8, 4) is 11.5 Å². The number of nitrogens with one attached hydrogen (secondary N) is 2. The fraction of sp³-hybridized carbons (Fsp3) is 0.417. The predicted molar refractivity (Wildman–Crippen MR) is 70.5 cm³/mol. The van der Waals surface area contributed by atoms with Gasteiger partial charge in [-0.3, -0.25) is 14.9 Å². The third-order valence-corrected chi connectivity index (χ3v) is 3.18. The van der Waals surface area contributed by atoms with E-state index in [9.17, 15) is 14.9 Å². The lowest BCUT2D eigenvalue weighted by Gasteiger charge is -2.22. The Balaban J connectivity index is 1.83. The highest BCUT2D eigenvalue weighted by molar-refractivity contribution is 5.97. The molecule has 0 aliphatic carbocycles. The van der Waals surface area contributed by atoms with E-state index < -0.39 is 16.9 Å². The van der Waals surface area contributed by atoms with Gasteiger partial charge in [-0.05, 0) is 0 Å². The van der Waals surface area contributed by atoms with E-state index in [0.29, 0.717) is 24.7 Å². The van der Waals surface area contributed by atoms with Crippen LogP contribution in [-0.2, 0) is 9.53 Å². The molecule has 1 aromatic rings. The molecular weight excluding hydrogens is 282 g/mol. The maximum atomic E-state index is 12.1. The lowest BCUT2D eigenvalue weighted by Crippen LogP contribution is -2.48. The van der Waals surface area contributed by atoms with Gasteiger partial charge in [0.15, 0.2) is 11.5 Å². The lowest BCUT2D eigenvalue weighted by molar-refractivity contribution is -0.384. The first kappa shape index (κ1) is 13.6. The van der Waals surface area contributed by atoms with Crippen LogP contribution in [0.3, 0.4) is 0 Å². The van der Waals surface area contributed by atoms with Gasteiger partial charge >= 0.3 is 0 Å². The summed E-state index contributed by atoms with van der Waals surface area (Å²) in [6, 6.07) is 2.09. The molecule has 9 heteroatoms. The zero-order valence-corrected chi connectivity index (χ0v) is 11.0. The number of nitrogens with zero attached hydrogens (tertiary/aromatic N) is 1. The molecule has 112 valence electrons. The fourth-order valence-corrected chi connectivity index (χ4v) is 2.14. The van der Waals surface area contributed by atoms with Crippen molar-refractivity contribution in [1.82, 2.24) is 5.32 Å².